The molecule has 2 aromatic rings. The van der Waals surface area contributed by atoms with Crippen LogP contribution >= 0.6 is 0 Å². The van der Waals surface area contributed by atoms with Gasteiger partial charge in [0.05, 0.1) is 24.3 Å². The van der Waals surface area contributed by atoms with E-state index in [-0.39, 0.29) is 6.54 Å². The second-order valence-electron chi connectivity index (χ2n) is 5.84. The Bertz CT molecular complexity index is 830. The number of fused-ring (bicyclic) bond motifs is 1. The van der Waals surface area contributed by atoms with Gasteiger partial charge in [0.25, 0.3) is 11.8 Å². The van der Waals surface area contributed by atoms with Crippen LogP contribution in [0.25, 0.3) is 0 Å². The van der Waals surface area contributed by atoms with Gasteiger partial charge in [0.1, 0.15) is 12.3 Å². The van der Waals surface area contributed by atoms with Gasteiger partial charge in [-0.1, -0.05) is 24.3 Å². The molecule has 26 heavy (non-hydrogen) atoms. The van der Waals surface area contributed by atoms with E-state index in [0.717, 1.165) is 4.90 Å². The first-order valence-electron chi connectivity index (χ1n) is 8.05. The van der Waals surface area contributed by atoms with Gasteiger partial charge in [-0.2, -0.15) is 0 Å². The maximum Gasteiger partial charge on any atom is 0.262 e. The van der Waals surface area contributed by atoms with Crippen LogP contribution in [-0.4, -0.2) is 47.9 Å². The highest BCUT2D eigenvalue weighted by molar-refractivity contribution is 6.22. The molecule has 0 fully saturated rings. The van der Waals surface area contributed by atoms with Gasteiger partial charge >= 0.3 is 0 Å². The molecule has 3 amide bonds. The Balaban J connectivity index is 1.58. The number of aliphatic hydroxyl groups excluding tert-OH is 1. The number of rotatable bonds is 6. The first-order valence-corrected chi connectivity index (χ1v) is 8.05. The second-order valence-corrected chi connectivity index (χ2v) is 5.84. The van der Waals surface area contributed by atoms with E-state index in [2.05, 4.69) is 5.32 Å². The van der Waals surface area contributed by atoms with Crippen LogP contribution in [0.3, 0.4) is 0 Å². The third-order valence-corrected chi connectivity index (χ3v) is 4.15. The first kappa shape index (κ1) is 17.6. The van der Waals surface area contributed by atoms with E-state index < -0.39 is 30.4 Å². The van der Waals surface area contributed by atoms with Crippen LogP contribution in [0.4, 0.5) is 0 Å². The van der Waals surface area contributed by atoms with Gasteiger partial charge in [0.15, 0.2) is 0 Å². The van der Waals surface area contributed by atoms with Crippen LogP contribution in [0, 0.1) is 0 Å². The summed E-state index contributed by atoms with van der Waals surface area (Å²) in [6.45, 7) is -0.438. The zero-order valence-electron chi connectivity index (χ0n) is 14.1. The Morgan fingerprint density at radius 2 is 1.77 bits per heavy atom. The number of carbonyl (C=O) groups excluding carboxylic acids is 3. The molecule has 2 aromatic carbocycles. The molecule has 0 radical (unpaired) electrons. The molecule has 0 saturated carbocycles. The molecule has 0 aliphatic carbocycles. The summed E-state index contributed by atoms with van der Waals surface area (Å²) in [5, 5.41) is 12.7. The lowest BCUT2D eigenvalue weighted by Crippen LogP contribution is -2.41. The molecular formula is C19H18N2O5. The summed E-state index contributed by atoms with van der Waals surface area (Å²) >= 11 is 0. The molecule has 0 bridgehead atoms. The predicted octanol–water partition coefficient (Wildman–Crippen LogP) is 1.14. The number of nitrogens with one attached hydrogen (secondary N) is 1. The Morgan fingerprint density at radius 1 is 1.12 bits per heavy atom. The van der Waals surface area contributed by atoms with Gasteiger partial charge in [-0.25, -0.2) is 0 Å². The number of methoxy groups -OCH3 is 1. The fraction of sp³-hybridized carbons (Fsp3) is 0.211. The van der Waals surface area contributed by atoms with Crippen LogP contribution in [0.15, 0.2) is 48.5 Å². The van der Waals surface area contributed by atoms with Crippen LogP contribution in [0.1, 0.15) is 32.4 Å². The maximum atomic E-state index is 12.2. The Hall–Kier alpha value is -3.19. The highest BCUT2D eigenvalue weighted by atomic mass is 16.5. The number of hydrogen-bond acceptors (Lipinski definition) is 5. The third kappa shape index (κ3) is 3.43. The van der Waals surface area contributed by atoms with Crippen molar-refractivity contribution in [2.45, 2.75) is 6.10 Å². The standard InChI is InChI=1S/C19H18N2O5/c1-26-13-6-4-5-12(9-13)16(22)10-20-17(23)11-21-18(24)14-7-2-3-8-15(14)19(21)25/h2-9,16,22H,10-11H2,1H3,(H,20,23). The van der Waals surface area contributed by atoms with Crippen molar-refractivity contribution in [3.8, 4) is 5.75 Å². The molecule has 1 aliphatic rings. The molecule has 1 aliphatic heterocycles. The summed E-state index contributed by atoms with van der Waals surface area (Å²) in [4.78, 5) is 37.5. The highest BCUT2D eigenvalue weighted by Gasteiger charge is 2.36. The summed E-state index contributed by atoms with van der Waals surface area (Å²) < 4.78 is 5.09. The number of ether oxygens (including phenoxy) is 1. The summed E-state index contributed by atoms with van der Waals surface area (Å²) in [7, 11) is 1.52. The number of aliphatic hydroxyl groups is 1. The van der Waals surface area contributed by atoms with E-state index in [9.17, 15) is 19.5 Å². The molecule has 1 atom stereocenters. The van der Waals surface area contributed by atoms with Crippen molar-refractivity contribution in [2.75, 3.05) is 20.2 Å². The van der Waals surface area contributed by atoms with Gasteiger partial charge in [-0.3, -0.25) is 19.3 Å². The summed E-state index contributed by atoms with van der Waals surface area (Å²) in [5.74, 6) is -0.913. The number of imide groups is 1. The minimum atomic E-state index is -0.934. The maximum absolute atomic E-state index is 12.2. The van der Waals surface area contributed by atoms with E-state index in [4.69, 9.17) is 4.74 Å². The van der Waals surface area contributed by atoms with E-state index in [1.165, 1.54) is 7.11 Å². The summed E-state index contributed by atoms with van der Waals surface area (Å²) in [6.07, 6.45) is -0.934. The molecule has 7 nitrogen and oxygen atoms in total. The number of hydrogen-bond donors (Lipinski definition) is 2. The van der Waals surface area contributed by atoms with Crippen molar-refractivity contribution in [3.05, 3.63) is 65.2 Å². The Labute approximate surface area is 150 Å². The molecular weight excluding hydrogens is 336 g/mol. The van der Waals surface area contributed by atoms with Crippen LogP contribution in [0.5, 0.6) is 5.75 Å². The normalized spacial score (nSPS) is 14.2. The SMILES string of the molecule is COc1cccc(C(O)CNC(=O)CN2C(=O)c3ccccc3C2=O)c1. The fourth-order valence-electron chi connectivity index (χ4n) is 2.76. The third-order valence-electron chi connectivity index (χ3n) is 4.15. The lowest BCUT2D eigenvalue weighted by Gasteiger charge is -2.16. The minimum Gasteiger partial charge on any atom is -0.497 e. The van der Waals surface area contributed by atoms with Gasteiger partial charge in [-0.15, -0.1) is 0 Å². The smallest absolute Gasteiger partial charge is 0.262 e. The van der Waals surface area contributed by atoms with Crippen molar-refractivity contribution >= 4 is 17.7 Å². The average Bonchev–Trinajstić information content (AvgIpc) is 2.91. The average molecular weight is 354 g/mol. The fourth-order valence-corrected chi connectivity index (χ4v) is 2.76. The van der Waals surface area contributed by atoms with Gasteiger partial charge in [0.2, 0.25) is 5.91 Å². The lowest BCUT2D eigenvalue weighted by molar-refractivity contribution is -0.121. The largest absolute Gasteiger partial charge is 0.497 e. The van der Waals surface area contributed by atoms with Crippen LogP contribution < -0.4 is 10.1 Å². The first-order chi connectivity index (χ1) is 12.5. The van der Waals surface area contributed by atoms with Crippen molar-refractivity contribution in [1.29, 1.82) is 0 Å². The van der Waals surface area contributed by atoms with Crippen LogP contribution in [0.2, 0.25) is 0 Å². The molecule has 0 aromatic heterocycles. The number of carbonyl (C=O) groups is 3. The van der Waals surface area contributed by atoms with Crippen molar-refractivity contribution in [3.63, 3.8) is 0 Å². The molecule has 0 saturated heterocycles. The molecule has 1 unspecified atom stereocenters. The molecule has 3 rings (SSSR count). The Kier molecular flexibility index (Phi) is 4.99. The molecule has 2 N–H and O–H groups in total. The second kappa shape index (κ2) is 7.37. The highest BCUT2D eigenvalue weighted by Crippen LogP contribution is 2.22. The Morgan fingerprint density at radius 3 is 2.38 bits per heavy atom. The molecule has 134 valence electrons. The summed E-state index contributed by atoms with van der Waals surface area (Å²) in [6, 6.07) is 13.3. The van der Waals surface area contributed by atoms with E-state index >= 15 is 0 Å². The van der Waals surface area contributed by atoms with Gasteiger partial charge < -0.3 is 15.2 Å². The number of amides is 3. The van der Waals surface area contributed by atoms with Crippen molar-refractivity contribution in [1.82, 2.24) is 10.2 Å². The summed E-state index contributed by atoms with van der Waals surface area (Å²) in [5.41, 5.74) is 1.17. The zero-order valence-corrected chi connectivity index (χ0v) is 14.1. The topological polar surface area (TPSA) is 95.9 Å². The van der Waals surface area contributed by atoms with Gasteiger partial charge in [0, 0.05) is 6.54 Å². The molecule has 7 heteroatoms. The minimum absolute atomic E-state index is 0.0465. The number of nitrogens with zero attached hydrogens (tertiary/aromatic N) is 1. The van der Waals surface area contributed by atoms with E-state index in [1.807, 2.05) is 0 Å². The molecule has 0 spiro atoms. The predicted molar refractivity (Wildman–Crippen MR) is 92.8 cm³/mol. The van der Waals surface area contributed by atoms with Crippen molar-refractivity contribution < 1.29 is 24.2 Å². The van der Waals surface area contributed by atoms with E-state index in [0.29, 0.717) is 22.4 Å². The quantitative estimate of drug-likeness (QED) is 0.759. The van der Waals surface area contributed by atoms with Crippen LogP contribution in [-0.2, 0) is 4.79 Å². The monoisotopic (exact) mass is 354 g/mol. The zero-order chi connectivity index (χ0) is 18.7. The van der Waals surface area contributed by atoms with Crippen molar-refractivity contribution in [2.24, 2.45) is 0 Å². The van der Waals surface area contributed by atoms with E-state index in [1.54, 1.807) is 48.5 Å². The number of benzene rings is 2. The van der Waals surface area contributed by atoms with Gasteiger partial charge in [-0.05, 0) is 29.8 Å². The molecule has 1 heterocycles. The lowest BCUT2D eigenvalue weighted by atomic mass is 10.1.